The average Bonchev–Trinajstić information content (AvgIpc) is 3.21. The lowest BCUT2D eigenvalue weighted by Gasteiger charge is -2.38. The lowest BCUT2D eigenvalue weighted by atomic mass is 10.1. The molecule has 3 aromatic rings. The standard InChI is InChI=1S/C20H17N5O3/c1-27-15-4-2-3-14(7-15)17-8-18(24-23-17)20(26)25-11-16(12-25)28-19-6-5-13(9-21)10-22-19/h2-8,10,16H,11-12H2,1H3,(H,23,24). The number of rotatable bonds is 5. The molecule has 0 aliphatic carbocycles. The number of amides is 1. The molecule has 1 amide bonds. The molecule has 1 aromatic carbocycles. The fourth-order valence-corrected chi connectivity index (χ4v) is 2.90. The van der Waals surface area contributed by atoms with E-state index in [9.17, 15) is 4.79 Å². The molecule has 140 valence electrons. The Bertz CT molecular complexity index is 1030. The van der Waals surface area contributed by atoms with Crippen molar-refractivity contribution in [2.45, 2.75) is 6.10 Å². The third-order valence-corrected chi connectivity index (χ3v) is 4.46. The fraction of sp³-hybridized carbons (Fsp3) is 0.200. The van der Waals surface area contributed by atoms with Gasteiger partial charge in [-0.3, -0.25) is 9.89 Å². The molecule has 0 spiro atoms. The molecule has 8 nitrogen and oxygen atoms in total. The molecule has 0 radical (unpaired) electrons. The number of benzene rings is 1. The van der Waals surface area contributed by atoms with Gasteiger partial charge < -0.3 is 14.4 Å². The van der Waals surface area contributed by atoms with Crippen LogP contribution in [0.15, 0.2) is 48.7 Å². The van der Waals surface area contributed by atoms with E-state index in [-0.39, 0.29) is 12.0 Å². The van der Waals surface area contributed by atoms with Gasteiger partial charge in [0.05, 0.1) is 31.5 Å². The van der Waals surface area contributed by atoms with Gasteiger partial charge in [-0.15, -0.1) is 0 Å². The summed E-state index contributed by atoms with van der Waals surface area (Å²) in [6.45, 7) is 0.933. The van der Waals surface area contributed by atoms with Gasteiger partial charge in [0, 0.05) is 17.8 Å². The average molecular weight is 375 g/mol. The third kappa shape index (κ3) is 3.50. The van der Waals surface area contributed by atoms with E-state index in [2.05, 4.69) is 15.2 Å². The van der Waals surface area contributed by atoms with Crippen molar-refractivity contribution in [3.05, 3.63) is 59.9 Å². The van der Waals surface area contributed by atoms with Crippen molar-refractivity contribution in [3.63, 3.8) is 0 Å². The molecular weight excluding hydrogens is 358 g/mol. The fourth-order valence-electron chi connectivity index (χ4n) is 2.90. The maximum Gasteiger partial charge on any atom is 0.272 e. The SMILES string of the molecule is COc1cccc(-c2cc(C(=O)N3CC(Oc4ccc(C#N)cn4)C3)[nH]n2)c1. The van der Waals surface area contributed by atoms with E-state index < -0.39 is 0 Å². The summed E-state index contributed by atoms with van der Waals surface area (Å²) in [4.78, 5) is 18.4. The largest absolute Gasteiger partial charge is 0.497 e. The minimum Gasteiger partial charge on any atom is -0.497 e. The predicted molar refractivity (Wildman–Crippen MR) is 99.8 cm³/mol. The first-order valence-electron chi connectivity index (χ1n) is 8.68. The van der Waals surface area contributed by atoms with E-state index in [4.69, 9.17) is 14.7 Å². The molecule has 28 heavy (non-hydrogen) atoms. The van der Waals surface area contributed by atoms with Crippen LogP contribution in [0.25, 0.3) is 11.3 Å². The number of aromatic nitrogens is 3. The molecule has 3 heterocycles. The first kappa shape index (κ1) is 17.5. The van der Waals surface area contributed by atoms with Crippen LogP contribution < -0.4 is 9.47 Å². The summed E-state index contributed by atoms with van der Waals surface area (Å²) in [7, 11) is 1.61. The van der Waals surface area contributed by atoms with Gasteiger partial charge in [0.25, 0.3) is 5.91 Å². The number of hydrogen-bond acceptors (Lipinski definition) is 6. The minimum atomic E-state index is -0.130. The summed E-state index contributed by atoms with van der Waals surface area (Å²) in [5.74, 6) is 1.04. The van der Waals surface area contributed by atoms with E-state index in [1.165, 1.54) is 6.20 Å². The third-order valence-electron chi connectivity index (χ3n) is 4.46. The van der Waals surface area contributed by atoms with E-state index in [1.807, 2.05) is 30.3 Å². The van der Waals surface area contributed by atoms with E-state index in [0.717, 1.165) is 11.3 Å². The maximum atomic E-state index is 12.6. The summed E-state index contributed by atoms with van der Waals surface area (Å²) in [6.07, 6.45) is 1.34. The van der Waals surface area contributed by atoms with Crippen LogP contribution >= 0.6 is 0 Å². The van der Waals surface area contributed by atoms with Gasteiger partial charge in [0.1, 0.15) is 23.6 Å². The topological polar surface area (TPSA) is 104 Å². The van der Waals surface area contributed by atoms with Crippen LogP contribution in [0.4, 0.5) is 0 Å². The number of hydrogen-bond donors (Lipinski definition) is 1. The summed E-state index contributed by atoms with van der Waals surface area (Å²) in [6, 6.07) is 14.5. The van der Waals surface area contributed by atoms with Crippen LogP contribution in [-0.4, -0.2) is 52.3 Å². The van der Waals surface area contributed by atoms with E-state index >= 15 is 0 Å². The van der Waals surface area contributed by atoms with Gasteiger partial charge in [-0.1, -0.05) is 12.1 Å². The van der Waals surface area contributed by atoms with Crippen LogP contribution in [0.3, 0.4) is 0 Å². The van der Waals surface area contributed by atoms with Gasteiger partial charge in [0.2, 0.25) is 5.88 Å². The molecule has 2 aromatic heterocycles. The zero-order valence-electron chi connectivity index (χ0n) is 15.1. The van der Waals surface area contributed by atoms with Crippen molar-refractivity contribution in [1.82, 2.24) is 20.1 Å². The molecule has 1 fully saturated rings. The van der Waals surface area contributed by atoms with Crippen LogP contribution in [0.1, 0.15) is 16.1 Å². The number of nitrogens with zero attached hydrogens (tertiary/aromatic N) is 4. The predicted octanol–water partition coefficient (Wildman–Crippen LogP) is 2.26. The molecule has 8 heteroatoms. The zero-order valence-corrected chi connectivity index (χ0v) is 15.1. The molecule has 0 saturated carbocycles. The minimum absolute atomic E-state index is 0.120. The monoisotopic (exact) mass is 375 g/mol. The molecule has 1 aliphatic rings. The molecule has 4 rings (SSSR count). The number of aromatic amines is 1. The van der Waals surface area contributed by atoms with Crippen molar-refractivity contribution in [2.75, 3.05) is 20.2 Å². The van der Waals surface area contributed by atoms with Crippen LogP contribution in [-0.2, 0) is 0 Å². The highest BCUT2D eigenvalue weighted by Gasteiger charge is 2.34. The van der Waals surface area contributed by atoms with Crippen LogP contribution in [0.5, 0.6) is 11.6 Å². The number of likely N-dealkylation sites (tertiary alicyclic amines) is 1. The highest BCUT2D eigenvalue weighted by Crippen LogP contribution is 2.24. The van der Waals surface area contributed by atoms with Crippen molar-refractivity contribution in [2.24, 2.45) is 0 Å². The Morgan fingerprint density at radius 1 is 1.29 bits per heavy atom. The summed E-state index contributed by atoms with van der Waals surface area (Å²) in [5.41, 5.74) is 2.44. The van der Waals surface area contributed by atoms with Gasteiger partial charge >= 0.3 is 0 Å². The van der Waals surface area contributed by atoms with Crippen LogP contribution in [0.2, 0.25) is 0 Å². The van der Waals surface area contributed by atoms with E-state index in [0.29, 0.717) is 35.9 Å². The number of H-pyrrole nitrogens is 1. The Labute approximate surface area is 161 Å². The maximum absolute atomic E-state index is 12.6. The van der Waals surface area contributed by atoms with Gasteiger partial charge in [-0.05, 0) is 24.3 Å². The highest BCUT2D eigenvalue weighted by molar-refractivity contribution is 5.94. The Kier molecular flexibility index (Phi) is 4.64. The smallest absolute Gasteiger partial charge is 0.272 e. The number of ether oxygens (including phenoxy) is 2. The second-order valence-electron chi connectivity index (χ2n) is 6.35. The number of methoxy groups -OCH3 is 1. The number of carbonyl (C=O) groups excluding carboxylic acids is 1. The Hall–Kier alpha value is -3.86. The normalized spacial score (nSPS) is 13.5. The Morgan fingerprint density at radius 3 is 2.86 bits per heavy atom. The molecule has 0 bridgehead atoms. The van der Waals surface area contributed by atoms with Crippen molar-refractivity contribution in [1.29, 1.82) is 5.26 Å². The van der Waals surface area contributed by atoms with Gasteiger partial charge in [-0.25, -0.2) is 4.98 Å². The highest BCUT2D eigenvalue weighted by atomic mass is 16.5. The first-order valence-corrected chi connectivity index (χ1v) is 8.68. The van der Waals surface area contributed by atoms with Crippen molar-refractivity contribution in [3.8, 4) is 29.0 Å². The second kappa shape index (κ2) is 7.40. The number of carbonyl (C=O) groups is 1. The first-order chi connectivity index (χ1) is 13.7. The zero-order chi connectivity index (χ0) is 19.5. The van der Waals surface area contributed by atoms with Gasteiger partial charge in [-0.2, -0.15) is 10.4 Å². The Balaban J connectivity index is 1.36. The second-order valence-corrected chi connectivity index (χ2v) is 6.35. The number of pyridine rings is 1. The van der Waals surface area contributed by atoms with Gasteiger partial charge in [0.15, 0.2) is 0 Å². The molecule has 0 atom stereocenters. The molecule has 1 aliphatic heterocycles. The van der Waals surface area contributed by atoms with Crippen molar-refractivity contribution >= 4 is 5.91 Å². The molecular formula is C20H17N5O3. The lowest BCUT2D eigenvalue weighted by molar-refractivity contribution is 0.0156. The van der Waals surface area contributed by atoms with Crippen molar-refractivity contribution < 1.29 is 14.3 Å². The molecule has 0 unspecified atom stereocenters. The summed E-state index contributed by atoms with van der Waals surface area (Å²) < 4.78 is 10.9. The summed E-state index contributed by atoms with van der Waals surface area (Å²) in [5, 5.41) is 15.8. The van der Waals surface area contributed by atoms with E-state index in [1.54, 1.807) is 30.2 Å². The van der Waals surface area contributed by atoms with Crippen LogP contribution in [0, 0.1) is 11.3 Å². The Morgan fingerprint density at radius 2 is 2.14 bits per heavy atom. The molecule has 1 saturated heterocycles. The quantitative estimate of drug-likeness (QED) is 0.733. The molecule has 1 N–H and O–H groups in total. The number of nitrogens with one attached hydrogen (secondary N) is 1. The number of nitriles is 1. The lowest BCUT2D eigenvalue weighted by Crippen LogP contribution is -2.56. The summed E-state index contributed by atoms with van der Waals surface area (Å²) >= 11 is 0.